The van der Waals surface area contributed by atoms with E-state index in [1.807, 2.05) is 0 Å². The van der Waals surface area contributed by atoms with Crippen molar-refractivity contribution in [3.8, 4) is 0 Å². The first-order chi connectivity index (χ1) is 5.65. The van der Waals surface area contributed by atoms with Crippen molar-refractivity contribution in [2.75, 3.05) is 20.2 Å². The van der Waals surface area contributed by atoms with Crippen LogP contribution in [-0.4, -0.2) is 43.3 Å². The quantitative estimate of drug-likeness (QED) is 0.671. The molecule has 0 bridgehead atoms. The first-order valence-electron chi connectivity index (χ1n) is 4.67. The monoisotopic (exact) mass is 172 g/mol. The molecule has 0 aromatic heterocycles. The van der Waals surface area contributed by atoms with E-state index in [0.717, 1.165) is 19.5 Å². The van der Waals surface area contributed by atoms with Gasteiger partial charge in [0, 0.05) is 32.3 Å². The predicted octanol–water partition coefficient (Wildman–Crippen LogP) is 0.443. The second kappa shape index (κ2) is 4.21. The molecule has 1 rings (SSSR count). The Morgan fingerprint density at radius 3 is 2.58 bits per heavy atom. The summed E-state index contributed by atoms with van der Waals surface area (Å²) in [7, 11) is 1.78. The van der Waals surface area contributed by atoms with E-state index in [1.165, 1.54) is 0 Å². The Kier molecular flexibility index (Phi) is 3.50. The lowest BCUT2D eigenvalue weighted by Gasteiger charge is -2.26. The molecule has 3 heteroatoms. The van der Waals surface area contributed by atoms with Crippen LogP contribution >= 0.6 is 0 Å². The summed E-state index contributed by atoms with van der Waals surface area (Å²) in [6.07, 6.45) is 1.57. The van der Waals surface area contributed by atoms with Crippen LogP contribution in [-0.2, 0) is 4.74 Å². The lowest BCUT2D eigenvalue weighted by molar-refractivity contribution is 0.100. The summed E-state index contributed by atoms with van der Waals surface area (Å²) >= 11 is 0. The second-order valence-corrected chi connectivity index (χ2v) is 3.74. The van der Waals surface area contributed by atoms with Crippen LogP contribution in [0.1, 0.15) is 20.3 Å². The van der Waals surface area contributed by atoms with Gasteiger partial charge in [0.05, 0.1) is 6.10 Å². The molecule has 3 atom stereocenters. The molecule has 0 saturated carbocycles. The van der Waals surface area contributed by atoms with Gasteiger partial charge in [-0.05, 0) is 20.3 Å². The van der Waals surface area contributed by atoms with E-state index < -0.39 is 0 Å². The molecule has 12 heavy (non-hydrogen) atoms. The third-order valence-electron chi connectivity index (χ3n) is 2.85. The van der Waals surface area contributed by atoms with Crippen molar-refractivity contribution in [2.45, 2.75) is 38.5 Å². The highest BCUT2D eigenvalue weighted by Gasteiger charge is 2.27. The number of rotatable bonds is 3. The number of nitrogens with zero attached hydrogens (tertiary/aromatic N) is 1. The summed E-state index contributed by atoms with van der Waals surface area (Å²) in [6, 6.07) is 0.728. The largest absolute Gasteiger partial charge is 0.380 e. The van der Waals surface area contributed by atoms with Crippen molar-refractivity contribution in [3.05, 3.63) is 0 Å². The van der Waals surface area contributed by atoms with Gasteiger partial charge in [-0.25, -0.2) is 0 Å². The SMILES string of the molecule is COC1CCN(C(C)C(C)N)C1. The van der Waals surface area contributed by atoms with Gasteiger partial charge < -0.3 is 10.5 Å². The zero-order chi connectivity index (χ0) is 9.14. The number of hydrogen-bond acceptors (Lipinski definition) is 3. The molecule has 1 saturated heterocycles. The highest BCUT2D eigenvalue weighted by Crippen LogP contribution is 2.15. The first kappa shape index (κ1) is 9.96. The Morgan fingerprint density at radius 1 is 1.50 bits per heavy atom. The number of ether oxygens (including phenoxy) is 1. The topological polar surface area (TPSA) is 38.5 Å². The molecule has 3 unspecified atom stereocenters. The first-order valence-corrected chi connectivity index (χ1v) is 4.67. The summed E-state index contributed by atoms with van der Waals surface area (Å²) in [5.41, 5.74) is 5.82. The number of likely N-dealkylation sites (tertiary alicyclic amines) is 1. The predicted molar refractivity (Wildman–Crippen MR) is 50.1 cm³/mol. The normalized spacial score (nSPS) is 30.5. The standard InChI is InChI=1S/C9H20N2O/c1-7(10)8(2)11-5-4-9(6-11)12-3/h7-9H,4-6,10H2,1-3H3. The van der Waals surface area contributed by atoms with E-state index in [1.54, 1.807) is 7.11 Å². The molecule has 0 radical (unpaired) electrons. The van der Waals surface area contributed by atoms with Crippen LogP contribution in [0.4, 0.5) is 0 Å². The van der Waals surface area contributed by atoms with Crippen LogP contribution in [0.25, 0.3) is 0 Å². The number of hydrogen-bond donors (Lipinski definition) is 1. The van der Waals surface area contributed by atoms with E-state index in [4.69, 9.17) is 10.5 Å². The molecule has 3 nitrogen and oxygen atoms in total. The van der Waals surface area contributed by atoms with Crippen LogP contribution in [0.5, 0.6) is 0 Å². The van der Waals surface area contributed by atoms with Gasteiger partial charge in [-0.3, -0.25) is 4.90 Å². The zero-order valence-electron chi connectivity index (χ0n) is 8.29. The molecular weight excluding hydrogens is 152 g/mol. The van der Waals surface area contributed by atoms with Crippen LogP contribution in [0, 0.1) is 0 Å². The molecule has 1 heterocycles. The maximum absolute atomic E-state index is 5.82. The van der Waals surface area contributed by atoms with Crippen molar-refractivity contribution in [3.63, 3.8) is 0 Å². The van der Waals surface area contributed by atoms with Crippen molar-refractivity contribution in [2.24, 2.45) is 5.73 Å². The molecule has 72 valence electrons. The molecule has 1 fully saturated rings. The third kappa shape index (κ3) is 2.19. The molecule has 0 amide bonds. The van der Waals surface area contributed by atoms with Crippen LogP contribution in [0.15, 0.2) is 0 Å². The summed E-state index contributed by atoms with van der Waals surface area (Å²) in [5.74, 6) is 0. The van der Waals surface area contributed by atoms with Crippen LogP contribution in [0.3, 0.4) is 0 Å². The number of methoxy groups -OCH3 is 1. The van der Waals surface area contributed by atoms with Gasteiger partial charge in [-0.1, -0.05) is 0 Å². The zero-order valence-corrected chi connectivity index (χ0v) is 8.29. The Morgan fingerprint density at radius 2 is 2.17 bits per heavy atom. The molecule has 0 aromatic rings. The second-order valence-electron chi connectivity index (χ2n) is 3.74. The van der Waals surface area contributed by atoms with E-state index in [9.17, 15) is 0 Å². The molecule has 1 aliphatic rings. The lowest BCUT2D eigenvalue weighted by atomic mass is 10.1. The van der Waals surface area contributed by atoms with Gasteiger partial charge in [-0.2, -0.15) is 0 Å². The Balaban J connectivity index is 2.35. The fraction of sp³-hybridized carbons (Fsp3) is 1.00. The van der Waals surface area contributed by atoms with Gasteiger partial charge in [0.15, 0.2) is 0 Å². The van der Waals surface area contributed by atoms with E-state index in [-0.39, 0.29) is 6.04 Å². The minimum atomic E-state index is 0.251. The highest BCUT2D eigenvalue weighted by molar-refractivity contribution is 4.83. The maximum atomic E-state index is 5.82. The van der Waals surface area contributed by atoms with Gasteiger partial charge in [0.1, 0.15) is 0 Å². The fourth-order valence-corrected chi connectivity index (χ4v) is 1.65. The summed E-state index contributed by atoms with van der Waals surface area (Å²) in [4.78, 5) is 2.40. The third-order valence-corrected chi connectivity index (χ3v) is 2.85. The van der Waals surface area contributed by atoms with E-state index >= 15 is 0 Å². The summed E-state index contributed by atoms with van der Waals surface area (Å²) in [5, 5.41) is 0. The number of nitrogens with two attached hydrogens (primary N) is 1. The molecule has 1 aliphatic heterocycles. The van der Waals surface area contributed by atoms with Gasteiger partial charge in [-0.15, -0.1) is 0 Å². The van der Waals surface area contributed by atoms with Gasteiger partial charge >= 0.3 is 0 Å². The summed E-state index contributed by atoms with van der Waals surface area (Å²) < 4.78 is 5.29. The lowest BCUT2D eigenvalue weighted by Crippen LogP contribution is -2.43. The smallest absolute Gasteiger partial charge is 0.0710 e. The molecule has 0 aliphatic carbocycles. The molecule has 0 spiro atoms. The molecule has 2 N–H and O–H groups in total. The fourth-order valence-electron chi connectivity index (χ4n) is 1.65. The Hall–Kier alpha value is -0.120. The molecule has 0 aromatic carbocycles. The van der Waals surface area contributed by atoms with E-state index in [0.29, 0.717) is 12.1 Å². The Labute approximate surface area is 74.9 Å². The summed E-state index contributed by atoms with van der Waals surface area (Å²) in [6.45, 7) is 6.41. The van der Waals surface area contributed by atoms with Crippen LogP contribution in [0.2, 0.25) is 0 Å². The minimum Gasteiger partial charge on any atom is -0.380 e. The van der Waals surface area contributed by atoms with E-state index in [2.05, 4.69) is 18.7 Å². The minimum absolute atomic E-state index is 0.251. The van der Waals surface area contributed by atoms with Crippen molar-refractivity contribution in [1.29, 1.82) is 0 Å². The van der Waals surface area contributed by atoms with Crippen molar-refractivity contribution >= 4 is 0 Å². The van der Waals surface area contributed by atoms with Crippen molar-refractivity contribution < 1.29 is 4.74 Å². The molecular formula is C9H20N2O. The highest BCUT2D eigenvalue weighted by atomic mass is 16.5. The van der Waals surface area contributed by atoms with Gasteiger partial charge in [0.2, 0.25) is 0 Å². The average Bonchev–Trinajstić information content (AvgIpc) is 2.50. The average molecular weight is 172 g/mol. The van der Waals surface area contributed by atoms with Crippen LogP contribution < -0.4 is 5.73 Å². The Bertz CT molecular complexity index is 138. The maximum Gasteiger partial charge on any atom is 0.0710 e. The van der Waals surface area contributed by atoms with Gasteiger partial charge in [0.25, 0.3) is 0 Å². The van der Waals surface area contributed by atoms with Crippen molar-refractivity contribution in [1.82, 2.24) is 4.90 Å².